The summed E-state index contributed by atoms with van der Waals surface area (Å²) in [4.78, 5) is 17.6. The lowest BCUT2D eigenvalue weighted by atomic mass is 9.76. The summed E-state index contributed by atoms with van der Waals surface area (Å²) in [5, 5.41) is 5.37. The molecule has 31 heavy (non-hydrogen) atoms. The molecule has 0 saturated carbocycles. The second-order valence-corrected chi connectivity index (χ2v) is 10.1. The number of primary sulfonamides is 1. The number of nitrogens with two attached hydrogens (primary N) is 1. The van der Waals surface area contributed by atoms with Crippen LogP contribution in [-0.2, 0) is 20.2 Å². The van der Waals surface area contributed by atoms with Crippen molar-refractivity contribution in [3.63, 3.8) is 0 Å². The topological polar surface area (TPSA) is 92.9 Å². The predicted octanol–water partition coefficient (Wildman–Crippen LogP) is 2.36. The first-order valence-corrected chi connectivity index (χ1v) is 12.2. The van der Waals surface area contributed by atoms with Crippen molar-refractivity contribution in [1.29, 1.82) is 0 Å². The quantitative estimate of drug-likeness (QED) is 0.783. The van der Waals surface area contributed by atoms with Gasteiger partial charge in [0.15, 0.2) is 0 Å². The molecule has 2 saturated heterocycles. The fourth-order valence-electron chi connectivity index (χ4n) is 4.60. The van der Waals surface area contributed by atoms with E-state index in [9.17, 15) is 13.2 Å². The average molecular weight is 444 g/mol. The number of hydrogen-bond acceptors (Lipinski definition) is 5. The maximum Gasteiger partial charge on any atom is 0.256 e. The van der Waals surface area contributed by atoms with Gasteiger partial charge in [0.25, 0.3) is 5.91 Å². The molecule has 7 nitrogen and oxygen atoms in total. The zero-order valence-electron chi connectivity index (χ0n) is 17.8. The molecule has 2 fully saturated rings. The van der Waals surface area contributed by atoms with Gasteiger partial charge in [-0.2, -0.15) is 0 Å². The van der Waals surface area contributed by atoms with E-state index >= 15 is 0 Å². The molecular weight excluding hydrogens is 414 g/mol. The Labute approximate surface area is 183 Å². The van der Waals surface area contributed by atoms with Gasteiger partial charge in [-0.05, 0) is 36.6 Å². The number of benzene rings is 2. The molecule has 1 amide bonds. The summed E-state index contributed by atoms with van der Waals surface area (Å²) in [6.07, 6.45) is 1.88. The Morgan fingerprint density at radius 3 is 2.45 bits per heavy atom. The van der Waals surface area contributed by atoms with E-state index in [1.165, 1.54) is 17.7 Å². The van der Waals surface area contributed by atoms with Crippen LogP contribution in [0.5, 0.6) is 0 Å². The summed E-state index contributed by atoms with van der Waals surface area (Å²) in [5.74, 6) is -0.158. The molecular formula is C23H29N3O4S. The lowest BCUT2D eigenvalue weighted by Gasteiger charge is -2.41. The highest BCUT2D eigenvalue weighted by Crippen LogP contribution is 2.35. The smallest absolute Gasteiger partial charge is 0.256 e. The van der Waals surface area contributed by atoms with E-state index in [0.29, 0.717) is 45.0 Å². The minimum atomic E-state index is -3.92. The highest BCUT2D eigenvalue weighted by atomic mass is 32.2. The third-order valence-corrected chi connectivity index (χ3v) is 7.24. The van der Waals surface area contributed by atoms with Gasteiger partial charge in [0.2, 0.25) is 10.0 Å². The van der Waals surface area contributed by atoms with Crippen molar-refractivity contribution >= 4 is 21.6 Å². The fraction of sp³-hybridized carbons (Fsp3) is 0.435. The average Bonchev–Trinajstić information content (AvgIpc) is 2.79. The molecule has 166 valence electrons. The van der Waals surface area contributed by atoms with E-state index in [-0.39, 0.29) is 16.2 Å². The molecule has 0 spiro atoms. The fourth-order valence-corrected chi connectivity index (χ4v) is 5.14. The van der Waals surface area contributed by atoms with E-state index in [1.807, 2.05) is 23.1 Å². The first-order chi connectivity index (χ1) is 14.8. The Hall–Kier alpha value is -2.42. The normalized spacial score (nSPS) is 22.4. The molecule has 0 aliphatic carbocycles. The van der Waals surface area contributed by atoms with Gasteiger partial charge in [-0.3, -0.25) is 4.79 Å². The monoisotopic (exact) mass is 443 g/mol. The van der Waals surface area contributed by atoms with Gasteiger partial charge < -0.3 is 14.5 Å². The molecule has 2 heterocycles. The van der Waals surface area contributed by atoms with Crippen LogP contribution in [-0.4, -0.2) is 58.6 Å². The van der Waals surface area contributed by atoms with Crippen molar-refractivity contribution in [2.24, 2.45) is 5.14 Å². The highest BCUT2D eigenvalue weighted by molar-refractivity contribution is 7.89. The van der Waals surface area contributed by atoms with E-state index in [4.69, 9.17) is 9.88 Å². The Balaban J connectivity index is 1.69. The number of ether oxygens (including phenoxy) is 1. The van der Waals surface area contributed by atoms with Crippen LogP contribution in [0.4, 0.5) is 5.69 Å². The first kappa shape index (κ1) is 21.8. The summed E-state index contributed by atoms with van der Waals surface area (Å²) < 4.78 is 29.4. The maximum atomic E-state index is 13.7. The minimum absolute atomic E-state index is 0.0457. The molecule has 0 aromatic heterocycles. The standard InChI is InChI=1S/C23H29N3O4S/c1-23(18-6-3-2-4-7-18)10-5-11-26(17-23)22(27)20-16-19(31(24,28)29)8-9-21(20)25-12-14-30-15-13-25/h2-4,6-9,16H,5,10-15,17H2,1H3,(H2,24,28,29)/t23-/m0/s1. The summed E-state index contributed by atoms with van der Waals surface area (Å²) in [5.41, 5.74) is 2.17. The van der Waals surface area contributed by atoms with Gasteiger partial charge in [0.05, 0.1) is 23.7 Å². The summed E-state index contributed by atoms with van der Waals surface area (Å²) >= 11 is 0. The Bertz CT molecular complexity index is 1050. The Morgan fingerprint density at radius 2 is 1.77 bits per heavy atom. The van der Waals surface area contributed by atoms with Crippen LogP contribution in [0.25, 0.3) is 0 Å². The second kappa shape index (κ2) is 8.61. The SMILES string of the molecule is C[C@]1(c2ccccc2)CCCN(C(=O)c2cc(S(N)(=O)=O)ccc2N2CCOCC2)C1. The van der Waals surface area contributed by atoms with Gasteiger partial charge >= 0.3 is 0 Å². The van der Waals surface area contributed by atoms with Gasteiger partial charge in [-0.15, -0.1) is 0 Å². The summed E-state index contributed by atoms with van der Waals surface area (Å²) in [6, 6.07) is 14.8. The van der Waals surface area contributed by atoms with Crippen LogP contribution in [0.3, 0.4) is 0 Å². The van der Waals surface area contributed by atoms with Gasteiger partial charge in [-0.25, -0.2) is 13.6 Å². The molecule has 2 N–H and O–H groups in total. The van der Waals surface area contributed by atoms with Crippen LogP contribution in [0, 0.1) is 0 Å². The molecule has 0 bridgehead atoms. The number of morpholine rings is 1. The van der Waals surface area contributed by atoms with Crippen molar-refractivity contribution < 1.29 is 17.9 Å². The van der Waals surface area contributed by atoms with Gasteiger partial charge in [-0.1, -0.05) is 37.3 Å². The van der Waals surface area contributed by atoms with Crippen molar-refractivity contribution in [3.8, 4) is 0 Å². The number of sulfonamides is 1. The number of hydrogen-bond donors (Lipinski definition) is 1. The molecule has 2 aliphatic rings. The van der Waals surface area contributed by atoms with Crippen LogP contribution < -0.4 is 10.0 Å². The third-order valence-electron chi connectivity index (χ3n) is 6.33. The van der Waals surface area contributed by atoms with Crippen molar-refractivity contribution in [2.45, 2.75) is 30.1 Å². The van der Waals surface area contributed by atoms with Crippen molar-refractivity contribution in [2.75, 3.05) is 44.3 Å². The second-order valence-electron chi connectivity index (χ2n) is 8.58. The van der Waals surface area contributed by atoms with Crippen molar-refractivity contribution in [1.82, 2.24) is 4.90 Å². The molecule has 8 heteroatoms. The number of rotatable bonds is 4. The van der Waals surface area contributed by atoms with Crippen LogP contribution in [0.1, 0.15) is 35.7 Å². The number of nitrogens with zero attached hydrogens (tertiary/aromatic N) is 2. The number of carbonyl (C=O) groups excluding carboxylic acids is 1. The Kier molecular flexibility index (Phi) is 6.05. The van der Waals surface area contributed by atoms with E-state index in [2.05, 4.69) is 24.0 Å². The molecule has 2 aromatic carbocycles. The van der Waals surface area contributed by atoms with Crippen molar-refractivity contribution in [3.05, 3.63) is 59.7 Å². The van der Waals surface area contributed by atoms with Crippen LogP contribution in [0.15, 0.2) is 53.4 Å². The predicted molar refractivity (Wildman–Crippen MR) is 120 cm³/mol. The molecule has 1 atom stereocenters. The van der Waals surface area contributed by atoms with E-state index < -0.39 is 10.0 Å². The lowest BCUT2D eigenvalue weighted by molar-refractivity contribution is 0.0650. The minimum Gasteiger partial charge on any atom is -0.378 e. The highest BCUT2D eigenvalue weighted by Gasteiger charge is 2.36. The maximum absolute atomic E-state index is 13.7. The number of anilines is 1. The molecule has 0 unspecified atom stereocenters. The largest absolute Gasteiger partial charge is 0.378 e. The molecule has 0 radical (unpaired) electrons. The van der Waals surface area contributed by atoms with Crippen LogP contribution >= 0.6 is 0 Å². The number of amides is 1. The molecule has 4 rings (SSSR count). The van der Waals surface area contributed by atoms with Gasteiger partial charge in [0.1, 0.15) is 0 Å². The summed E-state index contributed by atoms with van der Waals surface area (Å²) in [7, 11) is -3.92. The molecule has 2 aromatic rings. The lowest BCUT2D eigenvalue weighted by Crippen LogP contribution is -2.47. The third kappa shape index (κ3) is 4.61. The van der Waals surface area contributed by atoms with E-state index in [1.54, 1.807) is 6.07 Å². The Morgan fingerprint density at radius 1 is 1.06 bits per heavy atom. The first-order valence-electron chi connectivity index (χ1n) is 10.6. The van der Waals surface area contributed by atoms with E-state index in [0.717, 1.165) is 18.5 Å². The zero-order valence-corrected chi connectivity index (χ0v) is 18.6. The zero-order chi connectivity index (χ0) is 22.1. The number of carbonyl (C=O) groups is 1. The van der Waals surface area contributed by atoms with Gasteiger partial charge in [0, 0.05) is 37.3 Å². The number of likely N-dealkylation sites (tertiary alicyclic amines) is 1. The molecule has 2 aliphatic heterocycles. The number of piperidine rings is 1. The van der Waals surface area contributed by atoms with Crippen LogP contribution in [0.2, 0.25) is 0 Å². The summed E-state index contributed by atoms with van der Waals surface area (Å²) in [6.45, 7) is 5.85.